The van der Waals surface area contributed by atoms with Crippen molar-refractivity contribution in [3.8, 4) is 5.75 Å². The average molecular weight is 381 g/mol. The molecule has 4 nitrogen and oxygen atoms in total. The van der Waals surface area contributed by atoms with Crippen LogP contribution in [0.1, 0.15) is 41.6 Å². The standard InChI is InChI=1S/C24H32N2O2/c1-3-17-26(2)18-9-4-5-10-19-28-23-15-13-21(14-16-23)20-25-24(27)22-11-7-6-8-12-22/h3,6-8,11-16H,1,4-5,9-10,17-20H2,2H3,(H,25,27). The molecule has 0 radical (unpaired) electrons. The van der Waals surface area contributed by atoms with Crippen molar-refractivity contribution in [1.29, 1.82) is 0 Å². The molecule has 2 aromatic rings. The van der Waals surface area contributed by atoms with Crippen LogP contribution in [-0.2, 0) is 6.54 Å². The van der Waals surface area contributed by atoms with Crippen LogP contribution in [0.2, 0.25) is 0 Å². The molecule has 0 bridgehead atoms. The number of carbonyl (C=O) groups is 1. The van der Waals surface area contributed by atoms with Gasteiger partial charge in [0.1, 0.15) is 5.75 Å². The van der Waals surface area contributed by atoms with Crippen molar-refractivity contribution < 1.29 is 9.53 Å². The van der Waals surface area contributed by atoms with E-state index in [1.54, 1.807) is 0 Å². The van der Waals surface area contributed by atoms with Gasteiger partial charge in [0.15, 0.2) is 0 Å². The van der Waals surface area contributed by atoms with Crippen LogP contribution >= 0.6 is 0 Å². The van der Waals surface area contributed by atoms with E-state index in [1.165, 1.54) is 19.3 Å². The molecule has 0 unspecified atom stereocenters. The normalized spacial score (nSPS) is 10.6. The molecule has 1 amide bonds. The quantitative estimate of drug-likeness (QED) is 0.405. The Morgan fingerprint density at radius 2 is 1.75 bits per heavy atom. The van der Waals surface area contributed by atoms with Gasteiger partial charge in [-0.25, -0.2) is 0 Å². The van der Waals surface area contributed by atoms with Crippen LogP contribution in [0.25, 0.3) is 0 Å². The smallest absolute Gasteiger partial charge is 0.251 e. The molecule has 0 aliphatic heterocycles. The maximum absolute atomic E-state index is 12.1. The van der Waals surface area contributed by atoms with Crippen LogP contribution in [-0.4, -0.2) is 37.6 Å². The lowest BCUT2D eigenvalue weighted by molar-refractivity contribution is 0.0951. The minimum Gasteiger partial charge on any atom is -0.494 e. The zero-order valence-electron chi connectivity index (χ0n) is 16.9. The van der Waals surface area contributed by atoms with Crippen molar-refractivity contribution in [3.63, 3.8) is 0 Å². The van der Waals surface area contributed by atoms with Crippen LogP contribution < -0.4 is 10.1 Å². The fourth-order valence-corrected chi connectivity index (χ4v) is 2.92. The molecule has 0 saturated heterocycles. The summed E-state index contributed by atoms with van der Waals surface area (Å²) in [5.74, 6) is 0.820. The van der Waals surface area contributed by atoms with Crippen molar-refractivity contribution in [3.05, 3.63) is 78.4 Å². The summed E-state index contributed by atoms with van der Waals surface area (Å²) < 4.78 is 5.81. The van der Waals surface area contributed by atoms with E-state index in [9.17, 15) is 4.79 Å². The zero-order valence-corrected chi connectivity index (χ0v) is 16.9. The lowest BCUT2D eigenvalue weighted by atomic mass is 10.2. The molecule has 0 aliphatic rings. The first-order valence-electron chi connectivity index (χ1n) is 10.0. The van der Waals surface area contributed by atoms with Gasteiger partial charge in [-0.2, -0.15) is 0 Å². The van der Waals surface area contributed by atoms with Gasteiger partial charge in [-0.05, 0) is 56.3 Å². The number of amides is 1. The van der Waals surface area contributed by atoms with Crippen molar-refractivity contribution >= 4 is 5.91 Å². The second-order valence-electron chi connectivity index (χ2n) is 7.01. The number of benzene rings is 2. The zero-order chi connectivity index (χ0) is 20.0. The van der Waals surface area contributed by atoms with Gasteiger partial charge in [0.25, 0.3) is 5.91 Å². The maximum atomic E-state index is 12.1. The lowest BCUT2D eigenvalue weighted by Gasteiger charge is -2.13. The molecule has 0 fully saturated rings. The third-order valence-electron chi connectivity index (χ3n) is 4.56. The summed E-state index contributed by atoms with van der Waals surface area (Å²) in [5.41, 5.74) is 1.73. The summed E-state index contributed by atoms with van der Waals surface area (Å²) in [6.07, 6.45) is 6.64. The number of nitrogens with one attached hydrogen (secondary N) is 1. The molecule has 2 aromatic carbocycles. The topological polar surface area (TPSA) is 41.6 Å². The Morgan fingerprint density at radius 1 is 1.04 bits per heavy atom. The van der Waals surface area contributed by atoms with Gasteiger partial charge in [0, 0.05) is 18.7 Å². The second-order valence-corrected chi connectivity index (χ2v) is 7.01. The van der Waals surface area contributed by atoms with Crippen LogP contribution in [0.15, 0.2) is 67.3 Å². The van der Waals surface area contributed by atoms with E-state index < -0.39 is 0 Å². The van der Waals surface area contributed by atoms with E-state index in [2.05, 4.69) is 23.8 Å². The van der Waals surface area contributed by atoms with Gasteiger partial charge < -0.3 is 15.0 Å². The van der Waals surface area contributed by atoms with Crippen LogP contribution in [0.5, 0.6) is 5.75 Å². The Kier molecular flexibility index (Phi) is 9.87. The number of hydrogen-bond donors (Lipinski definition) is 1. The van der Waals surface area contributed by atoms with Crippen molar-refractivity contribution in [1.82, 2.24) is 10.2 Å². The number of unbranched alkanes of at least 4 members (excludes halogenated alkanes) is 3. The first kappa shape index (κ1) is 21.7. The van der Waals surface area contributed by atoms with E-state index in [-0.39, 0.29) is 5.91 Å². The Morgan fingerprint density at radius 3 is 2.46 bits per heavy atom. The summed E-state index contributed by atoms with van der Waals surface area (Å²) in [6.45, 7) is 7.08. The highest BCUT2D eigenvalue weighted by Gasteiger charge is 2.04. The van der Waals surface area contributed by atoms with Crippen LogP contribution in [0.4, 0.5) is 0 Å². The highest BCUT2D eigenvalue weighted by Crippen LogP contribution is 2.13. The molecule has 0 atom stereocenters. The number of hydrogen-bond acceptors (Lipinski definition) is 3. The molecule has 0 heterocycles. The van der Waals surface area contributed by atoms with Gasteiger partial charge in [0.2, 0.25) is 0 Å². The molecule has 0 aliphatic carbocycles. The molecule has 0 aromatic heterocycles. The molecule has 0 spiro atoms. The minimum absolute atomic E-state index is 0.0587. The Bertz CT molecular complexity index is 698. The van der Waals surface area contributed by atoms with Crippen molar-refractivity contribution in [2.75, 3.05) is 26.7 Å². The summed E-state index contributed by atoms with van der Waals surface area (Å²) in [6, 6.07) is 17.2. The predicted molar refractivity (Wildman–Crippen MR) is 116 cm³/mol. The molecule has 4 heteroatoms. The molecule has 1 N–H and O–H groups in total. The summed E-state index contributed by atoms with van der Waals surface area (Å²) in [5, 5.41) is 2.93. The van der Waals surface area contributed by atoms with E-state index in [1.807, 2.05) is 60.7 Å². The highest BCUT2D eigenvalue weighted by atomic mass is 16.5. The van der Waals surface area contributed by atoms with Gasteiger partial charge in [-0.1, -0.05) is 49.2 Å². The fourth-order valence-electron chi connectivity index (χ4n) is 2.92. The SMILES string of the molecule is C=CCN(C)CCCCCCOc1ccc(CNC(=O)c2ccccc2)cc1. The molecule has 150 valence electrons. The molecule has 2 rings (SSSR count). The van der Waals surface area contributed by atoms with E-state index in [4.69, 9.17) is 4.74 Å². The van der Waals surface area contributed by atoms with E-state index >= 15 is 0 Å². The van der Waals surface area contributed by atoms with Crippen LogP contribution in [0.3, 0.4) is 0 Å². The van der Waals surface area contributed by atoms with Gasteiger partial charge in [-0.15, -0.1) is 6.58 Å². The van der Waals surface area contributed by atoms with Gasteiger partial charge in [-0.3, -0.25) is 4.79 Å². The number of likely N-dealkylation sites (N-methyl/N-ethyl adjacent to an activating group) is 1. The summed E-state index contributed by atoms with van der Waals surface area (Å²) >= 11 is 0. The van der Waals surface area contributed by atoms with E-state index in [0.717, 1.165) is 37.4 Å². The van der Waals surface area contributed by atoms with Gasteiger partial charge in [0.05, 0.1) is 6.61 Å². The first-order chi connectivity index (χ1) is 13.7. The number of carbonyl (C=O) groups excluding carboxylic acids is 1. The average Bonchev–Trinajstić information content (AvgIpc) is 2.73. The van der Waals surface area contributed by atoms with Gasteiger partial charge >= 0.3 is 0 Å². The monoisotopic (exact) mass is 380 g/mol. The summed E-state index contributed by atoms with van der Waals surface area (Å²) in [7, 11) is 2.13. The van der Waals surface area contributed by atoms with Crippen LogP contribution in [0, 0.1) is 0 Å². The summed E-state index contributed by atoms with van der Waals surface area (Å²) in [4.78, 5) is 14.3. The highest BCUT2D eigenvalue weighted by molar-refractivity contribution is 5.94. The number of ether oxygens (including phenoxy) is 1. The third-order valence-corrected chi connectivity index (χ3v) is 4.56. The van der Waals surface area contributed by atoms with E-state index in [0.29, 0.717) is 12.1 Å². The second kappa shape index (κ2) is 12.7. The largest absolute Gasteiger partial charge is 0.494 e. The third kappa shape index (κ3) is 8.40. The van der Waals surface area contributed by atoms with Crippen molar-refractivity contribution in [2.45, 2.75) is 32.2 Å². The Hall–Kier alpha value is -2.59. The predicted octanol–water partition coefficient (Wildman–Crippen LogP) is 4.67. The minimum atomic E-state index is -0.0587. The maximum Gasteiger partial charge on any atom is 0.251 e. The fraction of sp³-hybridized carbons (Fsp3) is 0.375. The Labute approximate surface area is 169 Å². The first-order valence-corrected chi connectivity index (χ1v) is 10.0. The number of rotatable bonds is 13. The van der Waals surface area contributed by atoms with Crippen molar-refractivity contribution in [2.24, 2.45) is 0 Å². The Balaban J connectivity index is 1.58. The lowest BCUT2D eigenvalue weighted by Crippen LogP contribution is -2.22. The number of nitrogens with zero attached hydrogens (tertiary/aromatic N) is 1. The molecular formula is C24H32N2O2. The molecule has 0 saturated carbocycles. The molecule has 28 heavy (non-hydrogen) atoms. The molecular weight excluding hydrogens is 348 g/mol.